The van der Waals surface area contributed by atoms with Crippen molar-refractivity contribution in [1.29, 1.82) is 0 Å². The van der Waals surface area contributed by atoms with Crippen LogP contribution in [-0.2, 0) is 4.79 Å². The molecule has 0 bridgehead atoms. The van der Waals surface area contributed by atoms with Crippen molar-refractivity contribution < 1.29 is 14.7 Å². The van der Waals surface area contributed by atoms with Crippen molar-refractivity contribution in [2.24, 2.45) is 0 Å². The Hall–Kier alpha value is -1.30. The van der Waals surface area contributed by atoms with Crippen molar-refractivity contribution in [3.63, 3.8) is 0 Å². The fourth-order valence-electron chi connectivity index (χ4n) is 1.52. The molecule has 3 N–H and O–H groups in total. The molecule has 1 fully saturated rings. The Morgan fingerprint density at radius 2 is 1.87 bits per heavy atom. The van der Waals surface area contributed by atoms with Gasteiger partial charge in [0, 0.05) is 26.1 Å². The van der Waals surface area contributed by atoms with E-state index >= 15 is 0 Å². The number of hydrazine groups is 1. The first-order chi connectivity index (χ1) is 7.18. The number of nitrogens with zero attached hydrogens (tertiary/aromatic N) is 1. The lowest BCUT2D eigenvalue weighted by Gasteiger charge is -2.26. The van der Waals surface area contributed by atoms with Gasteiger partial charge in [0.25, 0.3) is 0 Å². The Morgan fingerprint density at radius 1 is 1.20 bits per heavy atom. The largest absolute Gasteiger partial charge is 0.465 e. The van der Waals surface area contributed by atoms with Crippen LogP contribution in [0.2, 0.25) is 0 Å². The Balaban J connectivity index is 2.09. The van der Waals surface area contributed by atoms with E-state index in [4.69, 9.17) is 5.11 Å². The van der Waals surface area contributed by atoms with Crippen molar-refractivity contribution in [3.8, 4) is 0 Å². The minimum Gasteiger partial charge on any atom is -0.465 e. The molecule has 0 aromatic heterocycles. The maximum Gasteiger partial charge on any atom is 0.404 e. The maximum atomic E-state index is 11.3. The zero-order chi connectivity index (χ0) is 11.1. The summed E-state index contributed by atoms with van der Waals surface area (Å²) in [6, 6.07) is 0. The van der Waals surface area contributed by atoms with Gasteiger partial charge in [0.1, 0.15) is 0 Å². The number of amides is 2. The molecule has 0 saturated carbocycles. The molecule has 6 nitrogen and oxygen atoms in total. The van der Waals surface area contributed by atoms with Crippen LogP contribution >= 0.6 is 0 Å². The Bertz CT molecular complexity index is 227. The van der Waals surface area contributed by atoms with Crippen LogP contribution in [0.3, 0.4) is 0 Å². The van der Waals surface area contributed by atoms with Gasteiger partial charge in [0.2, 0.25) is 5.91 Å². The van der Waals surface area contributed by atoms with Crippen LogP contribution in [0.25, 0.3) is 0 Å². The fourth-order valence-corrected chi connectivity index (χ4v) is 1.52. The first-order valence-electron chi connectivity index (χ1n) is 5.20. The van der Waals surface area contributed by atoms with Crippen molar-refractivity contribution in [2.75, 3.05) is 19.6 Å². The number of carbonyl (C=O) groups is 2. The SMILES string of the molecule is O=C(O)NCCC(=O)NN1CCCCC1. The van der Waals surface area contributed by atoms with Crippen molar-refractivity contribution in [3.05, 3.63) is 0 Å². The number of hydrogen-bond acceptors (Lipinski definition) is 3. The molecule has 0 aliphatic carbocycles. The third kappa shape index (κ3) is 5.21. The minimum atomic E-state index is -1.10. The van der Waals surface area contributed by atoms with Crippen molar-refractivity contribution in [2.45, 2.75) is 25.7 Å². The van der Waals surface area contributed by atoms with Gasteiger partial charge in [-0.05, 0) is 12.8 Å². The van der Waals surface area contributed by atoms with E-state index in [1.807, 2.05) is 5.01 Å². The van der Waals surface area contributed by atoms with Gasteiger partial charge in [0.15, 0.2) is 0 Å². The summed E-state index contributed by atoms with van der Waals surface area (Å²) in [4.78, 5) is 21.4. The summed E-state index contributed by atoms with van der Waals surface area (Å²) < 4.78 is 0. The molecule has 0 spiro atoms. The van der Waals surface area contributed by atoms with E-state index in [9.17, 15) is 9.59 Å². The zero-order valence-electron chi connectivity index (χ0n) is 8.66. The molecule has 1 aliphatic rings. The molecule has 0 unspecified atom stereocenters. The summed E-state index contributed by atoms with van der Waals surface area (Å²) in [5.41, 5.74) is 2.75. The predicted molar refractivity (Wildman–Crippen MR) is 54.2 cm³/mol. The van der Waals surface area contributed by atoms with Gasteiger partial charge < -0.3 is 10.4 Å². The highest BCUT2D eigenvalue weighted by molar-refractivity contribution is 5.76. The third-order valence-electron chi connectivity index (χ3n) is 2.27. The number of hydrogen-bond donors (Lipinski definition) is 3. The molecule has 0 radical (unpaired) electrons. The second-order valence-electron chi connectivity index (χ2n) is 3.56. The van der Waals surface area contributed by atoms with Crippen LogP contribution in [0.5, 0.6) is 0 Å². The zero-order valence-corrected chi connectivity index (χ0v) is 8.66. The maximum absolute atomic E-state index is 11.3. The molecule has 1 heterocycles. The van der Waals surface area contributed by atoms with E-state index in [-0.39, 0.29) is 18.9 Å². The molecule has 0 aromatic rings. The van der Waals surface area contributed by atoms with E-state index < -0.39 is 6.09 Å². The molecular weight excluding hydrogens is 198 g/mol. The second-order valence-corrected chi connectivity index (χ2v) is 3.56. The third-order valence-corrected chi connectivity index (χ3v) is 2.27. The molecule has 1 saturated heterocycles. The van der Waals surface area contributed by atoms with Crippen LogP contribution in [0.4, 0.5) is 4.79 Å². The van der Waals surface area contributed by atoms with Gasteiger partial charge >= 0.3 is 6.09 Å². The molecule has 0 aromatic carbocycles. The normalized spacial score (nSPS) is 17.1. The first kappa shape index (κ1) is 11.8. The number of carboxylic acid groups (broad SMARTS) is 1. The molecule has 1 rings (SSSR count). The number of carbonyl (C=O) groups excluding carboxylic acids is 1. The summed E-state index contributed by atoms with van der Waals surface area (Å²) in [5, 5.41) is 12.3. The van der Waals surface area contributed by atoms with Crippen LogP contribution in [0, 0.1) is 0 Å². The highest BCUT2D eigenvalue weighted by Gasteiger charge is 2.12. The predicted octanol–water partition coefficient (Wildman–Crippen LogP) is 0.161. The minimum absolute atomic E-state index is 0.134. The van der Waals surface area contributed by atoms with Gasteiger partial charge in [0.05, 0.1) is 0 Å². The summed E-state index contributed by atoms with van der Waals surface area (Å²) in [5.74, 6) is -0.134. The van der Waals surface area contributed by atoms with Crippen LogP contribution in [-0.4, -0.2) is 41.8 Å². The Labute approximate surface area is 88.6 Å². The number of piperidine rings is 1. The molecule has 86 valence electrons. The second kappa shape index (κ2) is 6.23. The standard InChI is InChI=1S/C9H17N3O3/c13-8(4-5-10-9(14)15)11-12-6-2-1-3-7-12/h10H,1-7H2,(H,11,13)(H,14,15). The molecule has 1 aliphatic heterocycles. The topological polar surface area (TPSA) is 81.7 Å². The lowest BCUT2D eigenvalue weighted by Crippen LogP contribution is -2.45. The van der Waals surface area contributed by atoms with Crippen molar-refractivity contribution in [1.82, 2.24) is 15.8 Å². The monoisotopic (exact) mass is 215 g/mol. The highest BCUT2D eigenvalue weighted by Crippen LogP contribution is 2.05. The van der Waals surface area contributed by atoms with Gasteiger partial charge in [-0.15, -0.1) is 0 Å². The number of nitrogens with one attached hydrogen (secondary N) is 2. The van der Waals surface area contributed by atoms with E-state index in [1.54, 1.807) is 0 Å². The smallest absolute Gasteiger partial charge is 0.404 e. The van der Waals surface area contributed by atoms with Crippen LogP contribution in [0.1, 0.15) is 25.7 Å². The van der Waals surface area contributed by atoms with Gasteiger partial charge in [-0.2, -0.15) is 0 Å². The summed E-state index contributed by atoms with van der Waals surface area (Å²) in [6.45, 7) is 1.94. The summed E-state index contributed by atoms with van der Waals surface area (Å²) in [7, 11) is 0. The summed E-state index contributed by atoms with van der Waals surface area (Å²) >= 11 is 0. The molecule has 15 heavy (non-hydrogen) atoms. The fraction of sp³-hybridized carbons (Fsp3) is 0.778. The molecular formula is C9H17N3O3. The number of rotatable bonds is 4. The van der Waals surface area contributed by atoms with E-state index in [1.165, 1.54) is 6.42 Å². The first-order valence-corrected chi connectivity index (χ1v) is 5.20. The van der Waals surface area contributed by atoms with E-state index in [0.29, 0.717) is 0 Å². The summed E-state index contributed by atoms with van der Waals surface area (Å²) in [6.07, 6.45) is 2.51. The molecule has 2 amide bonds. The van der Waals surface area contributed by atoms with E-state index in [2.05, 4.69) is 10.7 Å². The Morgan fingerprint density at radius 3 is 2.47 bits per heavy atom. The lowest BCUT2D eigenvalue weighted by atomic mass is 10.2. The average molecular weight is 215 g/mol. The van der Waals surface area contributed by atoms with Gasteiger partial charge in [-0.3, -0.25) is 10.2 Å². The highest BCUT2D eigenvalue weighted by atomic mass is 16.4. The van der Waals surface area contributed by atoms with Crippen LogP contribution < -0.4 is 10.7 Å². The molecule has 0 atom stereocenters. The molecule has 6 heteroatoms. The van der Waals surface area contributed by atoms with E-state index in [0.717, 1.165) is 25.9 Å². The van der Waals surface area contributed by atoms with Gasteiger partial charge in [-0.25, -0.2) is 9.80 Å². The Kier molecular flexibility index (Phi) is 4.89. The van der Waals surface area contributed by atoms with Crippen molar-refractivity contribution >= 4 is 12.0 Å². The van der Waals surface area contributed by atoms with Gasteiger partial charge in [-0.1, -0.05) is 6.42 Å². The quantitative estimate of drug-likeness (QED) is 0.624. The lowest BCUT2D eigenvalue weighted by molar-refractivity contribution is -0.126. The van der Waals surface area contributed by atoms with Crippen LogP contribution in [0.15, 0.2) is 0 Å². The average Bonchev–Trinajstić information content (AvgIpc) is 2.18.